The fourth-order valence-corrected chi connectivity index (χ4v) is 1.79. The summed E-state index contributed by atoms with van der Waals surface area (Å²) in [6, 6.07) is 12.0. The molecular weight excluding hydrogens is 228 g/mol. The van der Waals surface area contributed by atoms with Gasteiger partial charge in [-0.2, -0.15) is 5.10 Å². The first-order valence-electron chi connectivity index (χ1n) is 5.95. The molecule has 0 bridgehead atoms. The van der Waals surface area contributed by atoms with Crippen molar-refractivity contribution >= 4 is 5.97 Å². The zero-order chi connectivity index (χ0) is 12.8. The van der Waals surface area contributed by atoms with Crippen LogP contribution in [-0.4, -0.2) is 22.9 Å². The summed E-state index contributed by atoms with van der Waals surface area (Å²) in [5, 5.41) is 4.15. The number of ether oxygens (including phenoxy) is 1. The standard InChI is InChI=1S/C14H16N2O2/c1-18-14(17)13-9-11-16(15-13)10-5-8-12-6-3-2-4-7-12/h2-4,6-7,9,11H,5,8,10H2,1H3. The minimum Gasteiger partial charge on any atom is -0.464 e. The number of hydrogen-bond acceptors (Lipinski definition) is 3. The van der Waals surface area contributed by atoms with Crippen LogP contribution in [0.3, 0.4) is 0 Å². The summed E-state index contributed by atoms with van der Waals surface area (Å²) < 4.78 is 6.38. The van der Waals surface area contributed by atoms with Crippen LogP contribution in [0.2, 0.25) is 0 Å². The summed E-state index contributed by atoms with van der Waals surface area (Å²) >= 11 is 0. The molecule has 2 rings (SSSR count). The van der Waals surface area contributed by atoms with E-state index in [2.05, 4.69) is 22.0 Å². The number of aromatic nitrogens is 2. The van der Waals surface area contributed by atoms with Crippen molar-refractivity contribution in [3.8, 4) is 0 Å². The molecule has 0 atom stereocenters. The Morgan fingerprint density at radius 3 is 2.78 bits per heavy atom. The van der Waals surface area contributed by atoms with Gasteiger partial charge in [0.15, 0.2) is 5.69 Å². The summed E-state index contributed by atoms with van der Waals surface area (Å²) in [7, 11) is 1.36. The van der Waals surface area contributed by atoms with E-state index in [1.54, 1.807) is 16.9 Å². The SMILES string of the molecule is COC(=O)c1ccn(CCCc2ccccc2)n1. The van der Waals surface area contributed by atoms with E-state index in [9.17, 15) is 4.79 Å². The molecule has 0 aliphatic heterocycles. The zero-order valence-electron chi connectivity index (χ0n) is 10.4. The van der Waals surface area contributed by atoms with Crippen molar-refractivity contribution in [1.29, 1.82) is 0 Å². The van der Waals surface area contributed by atoms with Gasteiger partial charge in [0.2, 0.25) is 0 Å². The number of carbonyl (C=O) groups excluding carboxylic acids is 1. The number of rotatable bonds is 5. The van der Waals surface area contributed by atoms with Crippen molar-refractivity contribution < 1.29 is 9.53 Å². The van der Waals surface area contributed by atoms with Crippen LogP contribution >= 0.6 is 0 Å². The lowest BCUT2D eigenvalue weighted by Gasteiger charge is -2.02. The minimum atomic E-state index is -0.392. The van der Waals surface area contributed by atoms with Gasteiger partial charge in [0.05, 0.1) is 7.11 Å². The van der Waals surface area contributed by atoms with Crippen LogP contribution in [0.25, 0.3) is 0 Å². The topological polar surface area (TPSA) is 44.1 Å². The normalized spacial score (nSPS) is 10.3. The van der Waals surface area contributed by atoms with Gasteiger partial charge >= 0.3 is 5.97 Å². The van der Waals surface area contributed by atoms with Gasteiger partial charge in [0.1, 0.15) is 0 Å². The Morgan fingerprint density at radius 1 is 1.28 bits per heavy atom. The second-order valence-electron chi connectivity index (χ2n) is 4.04. The van der Waals surface area contributed by atoms with Gasteiger partial charge in [0, 0.05) is 12.7 Å². The zero-order valence-corrected chi connectivity index (χ0v) is 10.4. The van der Waals surface area contributed by atoms with Crippen LogP contribution in [0.4, 0.5) is 0 Å². The molecule has 1 aromatic heterocycles. The van der Waals surface area contributed by atoms with E-state index in [1.807, 2.05) is 18.2 Å². The van der Waals surface area contributed by atoms with E-state index < -0.39 is 5.97 Å². The van der Waals surface area contributed by atoms with Gasteiger partial charge in [-0.3, -0.25) is 4.68 Å². The number of benzene rings is 1. The molecule has 2 aromatic rings. The highest BCUT2D eigenvalue weighted by Crippen LogP contribution is 2.04. The molecule has 1 aromatic carbocycles. The Balaban J connectivity index is 1.84. The lowest BCUT2D eigenvalue weighted by molar-refractivity contribution is 0.0593. The summed E-state index contributed by atoms with van der Waals surface area (Å²) in [5.41, 5.74) is 1.68. The first-order valence-corrected chi connectivity index (χ1v) is 5.95. The molecule has 0 spiro atoms. The summed E-state index contributed by atoms with van der Waals surface area (Å²) in [6.45, 7) is 0.798. The molecule has 1 heterocycles. The van der Waals surface area contributed by atoms with Crippen molar-refractivity contribution in [3.05, 3.63) is 53.9 Å². The lowest BCUT2D eigenvalue weighted by atomic mass is 10.1. The smallest absolute Gasteiger partial charge is 0.358 e. The van der Waals surface area contributed by atoms with Gasteiger partial charge in [-0.1, -0.05) is 30.3 Å². The molecule has 0 saturated heterocycles. The Bertz CT molecular complexity index is 506. The van der Waals surface area contributed by atoms with Crippen LogP contribution in [0.15, 0.2) is 42.6 Å². The molecular formula is C14H16N2O2. The summed E-state index contributed by atoms with van der Waals surface area (Å²) in [5.74, 6) is -0.392. The molecule has 4 heteroatoms. The number of hydrogen-bond donors (Lipinski definition) is 0. The first kappa shape index (κ1) is 12.4. The highest BCUT2D eigenvalue weighted by Gasteiger charge is 2.08. The van der Waals surface area contributed by atoms with Gasteiger partial charge in [-0.15, -0.1) is 0 Å². The third kappa shape index (κ3) is 3.20. The molecule has 18 heavy (non-hydrogen) atoms. The maximum atomic E-state index is 11.2. The van der Waals surface area contributed by atoms with Gasteiger partial charge in [-0.05, 0) is 24.5 Å². The van der Waals surface area contributed by atoms with Crippen LogP contribution in [0.5, 0.6) is 0 Å². The predicted molar refractivity (Wildman–Crippen MR) is 68.3 cm³/mol. The monoisotopic (exact) mass is 244 g/mol. The Labute approximate surface area is 106 Å². The van der Waals surface area contributed by atoms with Crippen molar-refractivity contribution in [2.75, 3.05) is 7.11 Å². The molecule has 0 radical (unpaired) electrons. The molecule has 0 N–H and O–H groups in total. The minimum absolute atomic E-state index is 0.359. The molecule has 0 aliphatic rings. The second-order valence-corrected chi connectivity index (χ2v) is 4.04. The average molecular weight is 244 g/mol. The van der Waals surface area contributed by atoms with Gasteiger partial charge in [-0.25, -0.2) is 4.79 Å². The maximum Gasteiger partial charge on any atom is 0.358 e. The molecule has 94 valence electrons. The fourth-order valence-electron chi connectivity index (χ4n) is 1.79. The molecule has 0 unspecified atom stereocenters. The third-order valence-corrected chi connectivity index (χ3v) is 2.73. The van der Waals surface area contributed by atoms with Crippen LogP contribution in [0.1, 0.15) is 22.5 Å². The van der Waals surface area contributed by atoms with Crippen molar-refractivity contribution in [3.63, 3.8) is 0 Å². The molecule has 4 nitrogen and oxygen atoms in total. The number of nitrogens with zero attached hydrogens (tertiary/aromatic N) is 2. The first-order chi connectivity index (χ1) is 8.79. The molecule has 0 aliphatic carbocycles. The predicted octanol–water partition coefficient (Wildman–Crippen LogP) is 2.30. The van der Waals surface area contributed by atoms with E-state index in [0.717, 1.165) is 19.4 Å². The number of aryl methyl sites for hydroxylation is 2. The van der Waals surface area contributed by atoms with Crippen LogP contribution in [-0.2, 0) is 17.7 Å². The highest BCUT2D eigenvalue weighted by atomic mass is 16.5. The quantitative estimate of drug-likeness (QED) is 0.758. The number of carbonyl (C=O) groups is 1. The van der Waals surface area contributed by atoms with Crippen molar-refractivity contribution in [2.45, 2.75) is 19.4 Å². The van der Waals surface area contributed by atoms with Crippen molar-refractivity contribution in [2.24, 2.45) is 0 Å². The second kappa shape index (κ2) is 6.00. The Morgan fingerprint density at radius 2 is 2.06 bits per heavy atom. The Hall–Kier alpha value is -2.10. The highest BCUT2D eigenvalue weighted by molar-refractivity contribution is 5.86. The van der Waals surface area contributed by atoms with E-state index in [1.165, 1.54) is 12.7 Å². The largest absolute Gasteiger partial charge is 0.464 e. The number of methoxy groups -OCH3 is 1. The third-order valence-electron chi connectivity index (χ3n) is 2.73. The van der Waals surface area contributed by atoms with Crippen LogP contribution < -0.4 is 0 Å². The van der Waals surface area contributed by atoms with E-state index in [0.29, 0.717) is 5.69 Å². The lowest BCUT2D eigenvalue weighted by Crippen LogP contribution is -2.05. The van der Waals surface area contributed by atoms with Crippen molar-refractivity contribution in [1.82, 2.24) is 9.78 Å². The van der Waals surface area contributed by atoms with E-state index >= 15 is 0 Å². The van der Waals surface area contributed by atoms with Gasteiger partial charge in [0.25, 0.3) is 0 Å². The molecule has 0 amide bonds. The van der Waals surface area contributed by atoms with Gasteiger partial charge < -0.3 is 4.74 Å². The molecule has 0 fully saturated rings. The maximum absolute atomic E-state index is 11.2. The Kier molecular flexibility index (Phi) is 4.12. The summed E-state index contributed by atoms with van der Waals surface area (Å²) in [6.07, 6.45) is 3.80. The van der Waals surface area contributed by atoms with E-state index in [4.69, 9.17) is 0 Å². The van der Waals surface area contributed by atoms with E-state index in [-0.39, 0.29) is 0 Å². The van der Waals surface area contributed by atoms with Crippen LogP contribution in [0, 0.1) is 0 Å². The average Bonchev–Trinajstić information content (AvgIpc) is 2.88. The molecule has 0 saturated carbocycles. The summed E-state index contributed by atoms with van der Waals surface area (Å²) in [4.78, 5) is 11.2. The number of esters is 1. The fraction of sp³-hybridized carbons (Fsp3) is 0.286.